The van der Waals surface area contributed by atoms with Crippen molar-refractivity contribution in [2.75, 3.05) is 6.54 Å². The molecule has 1 aliphatic rings. The van der Waals surface area contributed by atoms with Crippen LogP contribution in [0.25, 0.3) is 0 Å². The van der Waals surface area contributed by atoms with Crippen LogP contribution in [0.2, 0.25) is 0 Å². The highest BCUT2D eigenvalue weighted by Gasteiger charge is 2.45. The number of rotatable bonds is 3. The molecular formula is C13H20NO4-. The van der Waals surface area contributed by atoms with Gasteiger partial charge in [-0.3, -0.25) is 4.90 Å². The number of likely N-dealkylation sites (tertiary alicyclic amines) is 1. The van der Waals surface area contributed by atoms with E-state index in [0.29, 0.717) is 19.4 Å². The molecule has 102 valence electrons. The molecule has 0 aromatic heterocycles. The number of ether oxygens (including phenoxy) is 1. The normalized spacial score (nSPS) is 23.8. The van der Waals surface area contributed by atoms with Crippen LogP contribution in [-0.4, -0.2) is 34.6 Å². The van der Waals surface area contributed by atoms with Crippen molar-refractivity contribution >= 4 is 12.1 Å². The van der Waals surface area contributed by atoms with E-state index in [9.17, 15) is 14.7 Å². The minimum Gasteiger partial charge on any atom is -0.548 e. The Kier molecular flexibility index (Phi) is 4.04. The number of aliphatic carboxylic acids is 1. The van der Waals surface area contributed by atoms with Gasteiger partial charge in [-0.2, -0.15) is 0 Å². The Balaban J connectivity index is 2.95. The lowest BCUT2D eigenvalue weighted by molar-refractivity contribution is -0.317. The number of amides is 1. The molecule has 1 amide bonds. The van der Waals surface area contributed by atoms with E-state index < -0.39 is 23.2 Å². The highest BCUT2D eigenvalue weighted by Crippen LogP contribution is 2.33. The summed E-state index contributed by atoms with van der Waals surface area (Å²) in [6.07, 6.45) is 2.07. The molecule has 0 unspecified atom stereocenters. The molecule has 5 nitrogen and oxygen atoms in total. The lowest BCUT2D eigenvalue weighted by Gasteiger charge is -2.39. The molecule has 1 atom stereocenters. The van der Waals surface area contributed by atoms with E-state index in [1.165, 1.54) is 11.0 Å². The third kappa shape index (κ3) is 2.83. The van der Waals surface area contributed by atoms with Crippen LogP contribution >= 0.6 is 0 Å². The summed E-state index contributed by atoms with van der Waals surface area (Å²) < 4.78 is 5.23. The van der Waals surface area contributed by atoms with Gasteiger partial charge < -0.3 is 14.6 Å². The zero-order valence-corrected chi connectivity index (χ0v) is 11.2. The molecule has 0 N–H and O–H groups in total. The molecule has 0 saturated carbocycles. The van der Waals surface area contributed by atoms with Crippen LogP contribution in [-0.2, 0) is 9.53 Å². The molecule has 1 fully saturated rings. The summed E-state index contributed by atoms with van der Waals surface area (Å²) in [7, 11) is 0. The third-order valence-electron chi connectivity index (χ3n) is 2.96. The number of nitrogens with zero attached hydrogens (tertiary/aromatic N) is 1. The number of carbonyl (C=O) groups is 2. The van der Waals surface area contributed by atoms with E-state index in [0.717, 1.165) is 0 Å². The van der Waals surface area contributed by atoms with E-state index in [-0.39, 0.29) is 6.42 Å². The van der Waals surface area contributed by atoms with Gasteiger partial charge in [-0.15, -0.1) is 6.58 Å². The minimum absolute atomic E-state index is 0.175. The van der Waals surface area contributed by atoms with Crippen LogP contribution < -0.4 is 5.11 Å². The Hall–Kier alpha value is -1.52. The van der Waals surface area contributed by atoms with Gasteiger partial charge in [0.25, 0.3) is 0 Å². The number of carboxylic acid groups (broad SMARTS) is 1. The molecule has 0 aromatic carbocycles. The summed E-state index contributed by atoms with van der Waals surface area (Å²) in [5, 5.41) is 11.4. The minimum atomic E-state index is -1.30. The van der Waals surface area contributed by atoms with Gasteiger partial charge in [-0.05, 0) is 40.0 Å². The van der Waals surface area contributed by atoms with Gasteiger partial charge in [-0.25, -0.2) is 4.79 Å². The molecule has 1 aliphatic heterocycles. The number of carboxylic acids is 1. The molecule has 0 spiro atoms. The maximum Gasteiger partial charge on any atom is 0.411 e. The van der Waals surface area contributed by atoms with Gasteiger partial charge in [0.05, 0.1) is 11.5 Å². The highest BCUT2D eigenvalue weighted by atomic mass is 16.6. The van der Waals surface area contributed by atoms with Gasteiger partial charge in [0.1, 0.15) is 5.60 Å². The standard InChI is InChI=1S/C13H21NO4/c1-5-7-13(10(15)16)8-6-9-14(13)11(17)18-12(2,3)4/h5H,1,6-9H2,2-4H3,(H,15,16)/p-1/t13-/m0/s1. The molecule has 1 heterocycles. The third-order valence-corrected chi connectivity index (χ3v) is 2.96. The molecule has 1 rings (SSSR count). The van der Waals surface area contributed by atoms with Gasteiger partial charge in [0.15, 0.2) is 0 Å². The molecule has 5 heteroatoms. The predicted octanol–water partition coefficient (Wildman–Crippen LogP) is 1.08. The first-order valence-electron chi connectivity index (χ1n) is 6.06. The van der Waals surface area contributed by atoms with E-state index >= 15 is 0 Å². The van der Waals surface area contributed by atoms with Crippen LogP contribution in [0, 0.1) is 0 Å². The predicted molar refractivity (Wildman–Crippen MR) is 64.7 cm³/mol. The first-order valence-corrected chi connectivity index (χ1v) is 6.06. The monoisotopic (exact) mass is 254 g/mol. The van der Waals surface area contributed by atoms with Crippen LogP contribution in [0.3, 0.4) is 0 Å². The maximum atomic E-state index is 12.0. The fourth-order valence-electron chi connectivity index (χ4n) is 2.21. The van der Waals surface area contributed by atoms with E-state index in [4.69, 9.17) is 4.74 Å². The first kappa shape index (κ1) is 14.5. The summed E-state index contributed by atoms with van der Waals surface area (Å²) in [6.45, 7) is 9.16. The second-order valence-corrected chi connectivity index (χ2v) is 5.55. The van der Waals surface area contributed by atoms with Crippen molar-refractivity contribution in [3.8, 4) is 0 Å². The quantitative estimate of drug-likeness (QED) is 0.707. The van der Waals surface area contributed by atoms with Gasteiger partial charge in [-0.1, -0.05) is 6.08 Å². The van der Waals surface area contributed by atoms with Crippen molar-refractivity contribution in [3.63, 3.8) is 0 Å². The second-order valence-electron chi connectivity index (χ2n) is 5.55. The summed E-state index contributed by atoms with van der Waals surface area (Å²) in [5.41, 5.74) is -1.95. The zero-order chi connectivity index (χ0) is 14.0. The smallest absolute Gasteiger partial charge is 0.411 e. The Morgan fingerprint density at radius 1 is 1.50 bits per heavy atom. The molecule has 1 saturated heterocycles. The Morgan fingerprint density at radius 2 is 2.11 bits per heavy atom. The number of carbonyl (C=O) groups excluding carboxylic acids is 2. The molecule has 0 bridgehead atoms. The van der Waals surface area contributed by atoms with Crippen molar-refractivity contribution < 1.29 is 19.4 Å². The topological polar surface area (TPSA) is 69.7 Å². The lowest BCUT2D eigenvalue weighted by Crippen LogP contribution is -2.59. The zero-order valence-electron chi connectivity index (χ0n) is 11.2. The second kappa shape index (κ2) is 5.00. The van der Waals surface area contributed by atoms with Crippen LogP contribution in [0.4, 0.5) is 4.79 Å². The summed E-state index contributed by atoms with van der Waals surface area (Å²) in [5.74, 6) is -1.24. The van der Waals surface area contributed by atoms with E-state index in [1.807, 2.05) is 0 Å². The number of hydrogen-bond acceptors (Lipinski definition) is 4. The van der Waals surface area contributed by atoms with Crippen molar-refractivity contribution in [2.45, 2.75) is 51.2 Å². The Labute approximate surface area is 107 Å². The van der Waals surface area contributed by atoms with Gasteiger partial charge >= 0.3 is 6.09 Å². The summed E-state index contributed by atoms with van der Waals surface area (Å²) in [4.78, 5) is 24.7. The molecule has 0 aliphatic carbocycles. The first-order chi connectivity index (χ1) is 8.23. The van der Waals surface area contributed by atoms with Crippen molar-refractivity contribution in [1.29, 1.82) is 0 Å². The summed E-state index contributed by atoms with van der Waals surface area (Å²) >= 11 is 0. The van der Waals surface area contributed by atoms with Crippen LogP contribution in [0.5, 0.6) is 0 Å². The van der Waals surface area contributed by atoms with E-state index in [1.54, 1.807) is 20.8 Å². The summed E-state index contributed by atoms with van der Waals surface area (Å²) in [6, 6.07) is 0. The van der Waals surface area contributed by atoms with Crippen LogP contribution in [0.15, 0.2) is 12.7 Å². The van der Waals surface area contributed by atoms with Crippen LogP contribution in [0.1, 0.15) is 40.0 Å². The van der Waals surface area contributed by atoms with Crippen molar-refractivity contribution in [2.24, 2.45) is 0 Å². The molecule has 18 heavy (non-hydrogen) atoms. The molecular weight excluding hydrogens is 234 g/mol. The molecule has 0 aromatic rings. The molecule has 0 radical (unpaired) electrons. The Morgan fingerprint density at radius 3 is 2.56 bits per heavy atom. The maximum absolute atomic E-state index is 12.0. The fraction of sp³-hybridized carbons (Fsp3) is 0.692. The SMILES string of the molecule is C=CC[C@@]1(C(=O)[O-])CCCN1C(=O)OC(C)(C)C. The van der Waals surface area contributed by atoms with E-state index in [2.05, 4.69) is 6.58 Å². The highest BCUT2D eigenvalue weighted by molar-refractivity contribution is 5.84. The lowest BCUT2D eigenvalue weighted by atomic mass is 9.92. The fourth-order valence-corrected chi connectivity index (χ4v) is 2.21. The van der Waals surface area contributed by atoms with Crippen molar-refractivity contribution in [1.82, 2.24) is 4.90 Å². The average Bonchev–Trinajstić information content (AvgIpc) is 2.60. The van der Waals surface area contributed by atoms with Gasteiger partial charge in [0, 0.05) is 6.54 Å². The number of hydrogen-bond donors (Lipinski definition) is 0. The average molecular weight is 254 g/mol. The van der Waals surface area contributed by atoms with Gasteiger partial charge in [0.2, 0.25) is 0 Å². The Bertz CT molecular complexity index is 358. The van der Waals surface area contributed by atoms with Crippen molar-refractivity contribution in [3.05, 3.63) is 12.7 Å². The largest absolute Gasteiger partial charge is 0.548 e.